The molecule has 0 aliphatic rings. The number of nitrogens with one attached hydrogen (secondary N) is 2. The number of rotatable bonds is 4. The van der Waals surface area contributed by atoms with Crippen molar-refractivity contribution in [2.75, 3.05) is 10.6 Å². The monoisotopic (exact) mass is 504 g/mol. The molecule has 8 heteroatoms. The van der Waals surface area contributed by atoms with Crippen LogP contribution in [0.2, 0.25) is 0 Å². The van der Waals surface area contributed by atoms with E-state index in [1.165, 1.54) is 12.1 Å². The summed E-state index contributed by atoms with van der Waals surface area (Å²) in [6, 6.07) is 16.6. The molecule has 0 aliphatic carbocycles. The van der Waals surface area contributed by atoms with Gasteiger partial charge in [-0.25, -0.2) is 18.7 Å². The summed E-state index contributed by atoms with van der Waals surface area (Å²) in [5.74, 6) is 0.199. The maximum atomic E-state index is 13.5. The lowest BCUT2D eigenvalue weighted by molar-refractivity contribution is 0.621. The lowest BCUT2D eigenvalue weighted by Gasteiger charge is -2.14. The molecule has 2 N–H and O–H groups in total. The van der Waals surface area contributed by atoms with Crippen molar-refractivity contribution in [3.8, 4) is 0 Å². The summed E-state index contributed by atoms with van der Waals surface area (Å²) in [4.78, 5) is 9.26. The van der Waals surface area contributed by atoms with E-state index in [0.717, 1.165) is 0 Å². The van der Waals surface area contributed by atoms with Gasteiger partial charge in [0.25, 0.3) is 0 Å². The van der Waals surface area contributed by atoms with Crippen molar-refractivity contribution >= 4 is 65.9 Å². The first-order chi connectivity index (χ1) is 13.5. The molecule has 0 aliphatic heterocycles. The Morgan fingerprint density at radius 2 is 1.07 bits per heavy atom. The van der Waals surface area contributed by atoms with Gasteiger partial charge in [-0.2, -0.15) is 0 Å². The minimum Gasteiger partial charge on any atom is -0.337 e. The zero-order valence-corrected chi connectivity index (χ0v) is 17.4. The van der Waals surface area contributed by atoms with Gasteiger partial charge in [0.15, 0.2) is 11.6 Å². The fourth-order valence-corrected chi connectivity index (χ4v) is 3.35. The molecule has 1 aromatic heterocycles. The number of para-hydroxylation sites is 2. The van der Waals surface area contributed by atoms with E-state index < -0.39 is 0 Å². The lowest BCUT2D eigenvalue weighted by Crippen LogP contribution is -2.03. The van der Waals surface area contributed by atoms with Gasteiger partial charge in [0, 0.05) is 11.4 Å². The van der Waals surface area contributed by atoms with E-state index in [0.29, 0.717) is 43.0 Å². The molecule has 4 nitrogen and oxygen atoms in total. The first-order valence-electron chi connectivity index (χ1n) is 8.20. The maximum Gasteiger partial charge on any atom is 0.174 e. The number of aromatic nitrogens is 2. The molecule has 0 saturated heterocycles. The van der Waals surface area contributed by atoms with Crippen LogP contribution in [0.1, 0.15) is 0 Å². The minimum atomic E-state index is -0.357. The molecular weight excluding hydrogens is 494 g/mol. The molecule has 0 fully saturated rings. The molecular formula is C20H12Br2F2N4. The normalized spacial score (nSPS) is 10.9. The molecule has 1 heterocycles. The summed E-state index contributed by atoms with van der Waals surface area (Å²) in [7, 11) is 0. The highest BCUT2D eigenvalue weighted by molar-refractivity contribution is 9.10. The molecule has 4 rings (SSSR count). The van der Waals surface area contributed by atoms with E-state index in [-0.39, 0.29) is 11.6 Å². The van der Waals surface area contributed by atoms with E-state index in [4.69, 9.17) is 0 Å². The minimum absolute atomic E-state index is 0.336. The molecule has 0 atom stereocenters. The zero-order chi connectivity index (χ0) is 19.7. The second kappa shape index (κ2) is 7.81. The van der Waals surface area contributed by atoms with Gasteiger partial charge in [0.1, 0.15) is 11.6 Å². The largest absolute Gasteiger partial charge is 0.337 e. The zero-order valence-electron chi connectivity index (χ0n) is 14.2. The highest BCUT2D eigenvalue weighted by Gasteiger charge is 2.12. The lowest BCUT2D eigenvalue weighted by atomic mass is 10.2. The predicted octanol–water partition coefficient (Wildman–Crippen LogP) is 6.92. The Hall–Kier alpha value is -2.58. The summed E-state index contributed by atoms with van der Waals surface area (Å²) in [6.45, 7) is 0. The molecule has 140 valence electrons. The van der Waals surface area contributed by atoms with Gasteiger partial charge in [-0.3, -0.25) is 0 Å². The van der Waals surface area contributed by atoms with Crippen molar-refractivity contribution in [1.82, 2.24) is 9.97 Å². The van der Waals surface area contributed by atoms with Gasteiger partial charge < -0.3 is 10.6 Å². The van der Waals surface area contributed by atoms with Crippen LogP contribution < -0.4 is 10.6 Å². The molecule has 0 bridgehead atoms. The SMILES string of the molecule is Fc1ccc(Nc2nc3ccccc3nc2Nc2ccc(F)c(Br)c2)cc1Br. The van der Waals surface area contributed by atoms with Crippen molar-refractivity contribution in [2.24, 2.45) is 0 Å². The van der Waals surface area contributed by atoms with Crippen LogP contribution in [-0.2, 0) is 0 Å². The number of nitrogens with zero attached hydrogens (tertiary/aromatic N) is 2. The number of anilines is 4. The van der Waals surface area contributed by atoms with Gasteiger partial charge in [-0.1, -0.05) is 12.1 Å². The first-order valence-corrected chi connectivity index (χ1v) is 9.79. The molecule has 28 heavy (non-hydrogen) atoms. The predicted molar refractivity (Wildman–Crippen MR) is 114 cm³/mol. The quantitative estimate of drug-likeness (QED) is 0.316. The van der Waals surface area contributed by atoms with Crippen molar-refractivity contribution in [3.63, 3.8) is 0 Å². The third-order valence-electron chi connectivity index (χ3n) is 3.94. The second-order valence-electron chi connectivity index (χ2n) is 5.92. The first kappa shape index (κ1) is 18.8. The number of hydrogen-bond donors (Lipinski definition) is 2. The Bertz CT molecular complexity index is 1090. The highest BCUT2D eigenvalue weighted by atomic mass is 79.9. The van der Waals surface area contributed by atoms with E-state index in [9.17, 15) is 8.78 Å². The van der Waals surface area contributed by atoms with Crippen LogP contribution in [0, 0.1) is 11.6 Å². The summed E-state index contributed by atoms with van der Waals surface area (Å²) in [5, 5.41) is 6.32. The van der Waals surface area contributed by atoms with E-state index >= 15 is 0 Å². The fraction of sp³-hybridized carbons (Fsp3) is 0. The Morgan fingerprint density at radius 1 is 0.643 bits per heavy atom. The number of halogens is 4. The van der Waals surface area contributed by atoms with Crippen molar-refractivity contribution in [3.05, 3.63) is 81.2 Å². The Morgan fingerprint density at radius 3 is 1.46 bits per heavy atom. The van der Waals surface area contributed by atoms with Crippen LogP contribution in [0.5, 0.6) is 0 Å². The van der Waals surface area contributed by atoms with Crippen LogP contribution in [0.3, 0.4) is 0 Å². The molecule has 0 radical (unpaired) electrons. The smallest absolute Gasteiger partial charge is 0.174 e. The molecule has 0 unspecified atom stereocenters. The molecule has 0 amide bonds. The van der Waals surface area contributed by atoms with E-state index in [1.54, 1.807) is 24.3 Å². The molecule has 4 aromatic rings. The van der Waals surface area contributed by atoms with Gasteiger partial charge in [0.2, 0.25) is 0 Å². The van der Waals surface area contributed by atoms with Crippen LogP contribution in [0.25, 0.3) is 11.0 Å². The second-order valence-corrected chi connectivity index (χ2v) is 7.63. The standard InChI is InChI=1S/C20H12Br2F2N4/c21-13-9-11(5-7-15(13)23)25-19-20(26-12-6-8-16(24)14(22)10-12)28-18-4-2-1-3-17(18)27-19/h1-10H,(H,25,27)(H,26,28). The average Bonchev–Trinajstić information content (AvgIpc) is 2.68. The van der Waals surface area contributed by atoms with Gasteiger partial charge in [0.05, 0.1) is 20.0 Å². The summed E-state index contributed by atoms with van der Waals surface area (Å²) >= 11 is 6.36. The molecule has 0 saturated carbocycles. The third kappa shape index (κ3) is 3.98. The summed E-state index contributed by atoms with van der Waals surface area (Å²) < 4.78 is 27.7. The van der Waals surface area contributed by atoms with Crippen LogP contribution in [0.15, 0.2) is 69.6 Å². The third-order valence-corrected chi connectivity index (χ3v) is 5.15. The Balaban J connectivity index is 1.77. The topological polar surface area (TPSA) is 49.8 Å². The van der Waals surface area contributed by atoms with Crippen LogP contribution >= 0.6 is 31.9 Å². The van der Waals surface area contributed by atoms with Crippen molar-refractivity contribution < 1.29 is 8.78 Å². The van der Waals surface area contributed by atoms with Crippen LogP contribution in [-0.4, -0.2) is 9.97 Å². The number of hydrogen-bond acceptors (Lipinski definition) is 4. The van der Waals surface area contributed by atoms with Gasteiger partial charge in [-0.05, 0) is 80.4 Å². The maximum absolute atomic E-state index is 13.5. The summed E-state index contributed by atoms with van der Waals surface area (Å²) in [6.07, 6.45) is 0. The Labute approximate surface area is 176 Å². The Kier molecular flexibility index (Phi) is 5.23. The number of benzene rings is 3. The summed E-state index contributed by atoms with van der Waals surface area (Å²) in [5.41, 5.74) is 2.69. The van der Waals surface area contributed by atoms with Crippen molar-refractivity contribution in [2.45, 2.75) is 0 Å². The average molecular weight is 506 g/mol. The number of fused-ring (bicyclic) bond motifs is 1. The van der Waals surface area contributed by atoms with E-state index in [2.05, 4.69) is 52.5 Å². The van der Waals surface area contributed by atoms with Crippen LogP contribution in [0.4, 0.5) is 31.8 Å². The van der Waals surface area contributed by atoms with Gasteiger partial charge in [-0.15, -0.1) is 0 Å². The highest BCUT2D eigenvalue weighted by Crippen LogP contribution is 2.30. The molecule has 0 spiro atoms. The van der Waals surface area contributed by atoms with Crippen molar-refractivity contribution in [1.29, 1.82) is 0 Å². The molecule has 3 aromatic carbocycles. The van der Waals surface area contributed by atoms with Gasteiger partial charge >= 0.3 is 0 Å². The fourth-order valence-electron chi connectivity index (χ4n) is 2.60. The van der Waals surface area contributed by atoms with E-state index in [1.807, 2.05) is 24.3 Å².